The number of carbonyl (C=O) groups is 1. The fourth-order valence-electron chi connectivity index (χ4n) is 2.78. The monoisotopic (exact) mass is 476 g/mol. The standard InChI is InChI=1S/C23H22ClFN2O4S/c24-19-9-5-18(6-10-19)16-31-22-4-2-1-3-21(22)23(28)26-13-14-32(29,30)27-15-17-7-11-20(25)12-8-17/h1-12,27H,13-16H2,(H,26,28). The first-order valence-electron chi connectivity index (χ1n) is 9.79. The molecule has 0 atom stereocenters. The highest BCUT2D eigenvalue weighted by Gasteiger charge is 2.15. The number of nitrogens with one attached hydrogen (secondary N) is 2. The number of sulfonamides is 1. The van der Waals surface area contributed by atoms with Gasteiger partial charge in [-0.15, -0.1) is 0 Å². The van der Waals surface area contributed by atoms with Gasteiger partial charge in [0.2, 0.25) is 10.0 Å². The summed E-state index contributed by atoms with van der Waals surface area (Å²) in [5, 5.41) is 3.22. The number of benzene rings is 3. The van der Waals surface area contributed by atoms with Gasteiger partial charge in [-0.3, -0.25) is 4.79 Å². The lowest BCUT2D eigenvalue weighted by Gasteiger charge is -2.12. The largest absolute Gasteiger partial charge is 0.488 e. The van der Waals surface area contributed by atoms with Gasteiger partial charge in [0.05, 0.1) is 11.3 Å². The van der Waals surface area contributed by atoms with Crippen LogP contribution in [0.1, 0.15) is 21.5 Å². The summed E-state index contributed by atoms with van der Waals surface area (Å²) in [6.07, 6.45) is 0. The third-order valence-corrected chi connectivity index (χ3v) is 6.08. The van der Waals surface area contributed by atoms with Gasteiger partial charge < -0.3 is 10.1 Å². The Bertz CT molecular complexity index is 1150. The van der Waals surface area contributed by atoms with E-state index < -0.39 is 21.7 Å². The van der Waals surface area contributed by atoms with Crippen molar-refractivity contribution in [3.63, 3.8) is 0 Å². The van der Waals surface area contributed by atoms with Crippen LogP contribution >= 0.6 is 11.6 Å². The van der Waals surface area contributed by atoms with E-state index in [0.717, 1.165) is 5.56 Å². The molecule has 3 rings (SSSR count). The van der Waals surface area contributed by atoms with E-state index >= 15 is 0 Å². The van der Waals surface area contributed by atoms with E-state index in [4.69, 9.17) is 16.3 Å². The van der Waals surface area contributed by atoms with Crippen LogP contribution in [-0.2, 0) is 23.2 Å². The van der Waals surface area contributed by atoms with Gasteiger partial charge in [-0.1, -0.05) is 48.0 Å². The summed E-state index contributed by atoms with van der Waals surface area (Å²) < 4.78 is 45.5. The molecular formula is C23H22ClFN2O4S. The van der Waals surface area contributed by atoms with Crippen molar-refractivity contribution >= 4 is 27.5 Å². The van der Waals surface area contributed by atoms with Crippen molar-refractivity contribution in [2.45, 2.75) is 13.2 Å². The Labute approximate surface area is 191 Å². The summed E-state index contributed by atoms with van der Waals surface area (Å²) in [7, 11) is -3.63. The molecule has 0 aliphatic heterocycles. The molecule has 1 amide bonds. The molecule has 0 bridgehead atoms. The first-order valence-corrected chi connectivity index (χ1v) is 11.8. The highest BCUT2D eigenvalue weighted by Crippen LogP contribution is 2.20. The van der Waals surface area contributed by atoms with Gasteiger partial charge in [0.15, 0.2) is 0 Å². The first-order chi connectivity index (χ1) is 15.3. The Hall–Kier alpha value is -2.94. The smallest absolute Gasteiger partial charge is 0.255 e. The number of halogens is 2. The number of amides is 1. The molecule has 3 aromatic carbocycles. The highest BCUT2D eigenvalue weighted by molar-refractivity contribution is 7.89. The zero-order chi connectivity index (χ0) is 23.0. The number of para-hydroxylation sites is 1. The molecule has 2 N–H and O–H groups in total. The number of ether oxygens (including phenoxy) is 1. The minimum atomic E-state index is -3.63. The van der Waals surface area contributed by atoms with Crippen LogP contribution < -0.4 is 14.8 Å². The molecule has 6 nitrogen and oxygen atoms in total. The molecule has 0 aliphatic carbocycles. The quantitative estimate of drug-likeness (QED) is 0.464. The lowest BCUT2D eigenvalue weighted by atomic mass is 10.2. The molecule has 0 radical (unpaired) electrons. The maximum absolute atomic E-state index is 12.9. The van der Waals surface area contributed by atoms with Gasteiger partial charge in [-0.25, -0.2) is 17.5 Å². The molecule has 0 aromatic heterocycles. The Morgan fingerprint density at radius 3 is 2.31 bits per heavy atom. The van der Waals surface area contributed by atoms with Gasteiger partial charge in [-0.2, -0.15) is 0 Å². The summed E-state index contributed by atoms with van der Waals surface area (Å²) >= 11 is 5.88. The molecule has 0 aliphatic rings. The first kappa shape index (κ1) is 23.7. The minimum absolute atomic E-state index is 0.0396. The third-order valence-electron chi connectivity index (χ3n) is 4.51. The predicted octanol–water partition coefficient (Wildman–Crippen LogP) is 3.91. The van der Waals surface area contributed by atoms with Crippen LogP contribution in [0, 0.1) is 5.82 Å². The maximum Gasteiger partial charge on any atom is 0.255 e. The second-order valence-electron chi connectivity index (χ2n) is 6.93. The van der Waals surface area contributed by atoms with Crippen LogP contribution in [0.3, 0.4) is 0 Å². The van der Waals surface area contributed by atoms with Gasteiger partial charge in [0.1, 0.15) is 18.2 Å². The summed E-state index contributed by atoms with van der Waals surface area (Å²) in [4.78, 5) is 12.6. The molecule has 0 unspecified atom stereocenters. The summed E-state index contributed by atoms with van der Waals surface area (Å²) in [6.45, 7) is 0.212. The molecule has 0 fully saturated rings. The second-order valence-corrected chi connectivity index (χ2v) is 9.30. The fraction of sp³-hybridized carbons (Fsp3) is 0.174. The van der Waals surface area contributed by atoms with Crippen molar-refractivity contribution in [2.24, 2.45) is 0 Å². The molecule has 3 aromatic rings. The van der Waals surface area contributed by atoms with Crippen LogP contribution in [0.5, 0.6) is 5.75 Å². The second kappa shape index (κ2) is 11.1. The average molecular weight is 477 g/mol. The minimum Gasteiger partial charge on any atom is -0.488 e. The van der Waals surface area contributed by atoms with E-state index in [-0.39, 0.29) is 25.4 Å². The zero-order valence-electron chi connectivity index (χ0n) is 17.1. The lowest BCUT2D eigenvalue weighted by Crippen LogP contribution is -2.34. The summed E-state index contributed by atoms with van der Waals surface area (Å²) in [5.74, 6) is -0.743. The van der Waals surface area contributed by atoms with Crippen LogP contribution in [0.2, 0.25) is 5.02 Å². The van der Waals surface area contributed by atoms with Crippen molar-refractivity contribution < 1.29 is 22.3 Å². The molecule has 9 heteroatoms. The van der Waals surface area contributed by atoms with E-state index in [9.17, 15) is 17.6 Å². The van der Waals surface area contributed by atoms with Gasteiger partial charge in [-0.05, 0) is 47.5 Å². The Kier molecular flexibility index (Phi) is 8.21. The molecule has 0 saturated carbocycles. The molecule has 0 spiro atoms. The fourth-order valence-corrected chi connectivity index (χ4v) is 3.81. The normalized spacial score (nSPS) is 11.2. The number of hydrogen-bond donors (Lipinski definition) is 2. The Balaban J connectivity index is 1.51. The van der Waals surface area contributed by atoms with E-state index in [2.05, 4.69) is 10.0 Å². The topological polar surface area (TPSA) is 84.5 Å². The number of carbonyl (C=O) groups excluding carboxylic acids is 1. The van der Waals surface area contributed by atoms with E-state index in [1.165, 1.54) is 24.3 Å². The predicted molar refractivity (Wildman–Crippen MR) is 122 cm³/mol. The van der Waals surface area contributed by atoms with Crippen molar-refractivity contribution in [1.29, 1.82) is 0 Å². The van der Waals surface area contributed by atoms with Crippen LogP contribution in [-0.4, -0.2) is 26.6 Å². The Morgan fingerprint density at radius 2 is 1.59 bits per heavy atom. The van der Waals surface area contributed by atoms with Gasteiger partial charge in [0.25, 0.3) is 5.91 Å². The Morgan fingerprint density at radius 1 is 0.938 bits per heavy atom. The summed E-state index contributed by atoms with van der Waals surface area (Å²) in [5.41, 5.74) is 1.83. The highest BCUT2D eigenvalue weighted by atomic mass is 35.5. The molecule has 0 saturated heterocycles. The van der Waals surface area contributed by atoms with Crippen LogP contribution in [0.25, 0.3) is 0 Å². The van der Waals surface area contributed by atoms with Crippen molar-refractivity contribution in [2.75, 3.05) is 12.3 Å². The number of rotatable bonds is 10. The molecule has 32 heavy (non-hydrogen) atoms. The lowest BCUT2D eigenvalue weighted by molar-refractivity contribution is 0.0951. The van der Waals surface area contributed by atoms with Gasteiger partial charge in [0, 0.05) is 18.1 Å². The number of hydrogen-bond acceptors (Lipinski definition) is 4. The maximum atomic E-state index is 12.9. The molecular weight excluding hydrogens is 455 g/mol. The SMILES string of the molecule is O=C(NCCS(=O)(=O)NCc1ccc(F)cc1)c1ccccc1OCc1ccc(Cl)cc1. The third kappa shape index (κ3) is 7.33. The van der Waals surface area contributed by atoms with E-state index in [1.807, 2.05) is 12.1 Å². The summed E-state index contributed by atoms with van der Waals surface area (Å²) in [6, 6.07) is 19.4. The van der Waals surface area contributed by atoms with Crippen molar-refractivity contribution in [1.82, 2.24) is 10.0 Å². The average Bonchev–Trinajstić information content (AvgIpc) is 2.78. The van der Waals surface area contributed by atoms with E-state index in [1.54, 1.807) is 36.4 Å². The zero-order valence-corrected chi connectivity index (χ0v) is 18.6. The molecule has 168 valence electrons. The van der Waals surface area contributed by atoms with Gasteiger partial charge >= 0.3 is 0 Å². The van der Waals surface area contributed by atoms with Crippen molar-refractivity contribution in [3.05, 3.63) is 100 Å². The van der Waals surface area contributed by atoms with Crippen LogP contribution in [0.4, 0.5) is 4.39 Å². The van der Waals surface area contributed by atoms with Crippen molar-refractivity contribution in [3.8, 4) is 5.75 Å². The molecule has 0 heterocycles. The van der Waals surface area contributed by atoms with E-state index in [0.29, 0.717) is 21.9 Å². The van der Waals surface area contributed by atoms with Crippen LogP contribution in [0.15, 0.2) is 72.8 Å².